The molecule has 0 aliphatic heterocycles. The number of rotatable bonds is 4. The molecular formula is C18H27N3O4. The monoisotopic (exact) mass is 349 g/mol. The maximum absolute atomic E-state index is 11.9. The van der Waals surface area contributed by atoms with E-state index >= 15 is 0 Å². The summed E-state index contributed by atoms with van der Waals surface area (Å²) in [4.78, 5) is 22.8. The third kappa shape index (κ3) is 5.62. The van der Waals surface area contributed by atoms with Gasteiger partial charge in [0.1, 0.15) is 11.3 Å². The van der Waals surface area contributed by atoms with Gasteiger partial charge in [-0.25, -0.2) is 4.79 Å². The van der Waals surface area contributed by atoms with Crippen LogP contribution in [0.2, 0.25) is 0 Å². The maximum atomic E-state index is 11.9. The topological polar surface area (TPSA) is 93.5 Å². The average Bonchev–Trinajstić information content (AvgIpc) is 2.47. The highest BCUT2D eigenvalue weighted by Crippen LogP contribution is 2.31. The van der Waals surface area contributed by atoms with Crippen LogP contribution in [-0.4, -0.2) is 28.7 Å². The van der Waals surface area contributed by atoms with Gasteiger partial charge in [-0.1, -0.05) is 12.1 Å². The van der Waals surface area contributed by atoms with Crippen molar-refractivity contribution in [2.45, 2.75) is 71.1 Å². The largest absolute Gasteiger partial charge is 0.444 e. The molecule has 1 fully saturated rings. The minimum absolute atomic E-state index is 0.00387. The normalized spacial score (nSPS) is 20.6. The highest BCUT2D eigenvalue weighted by molar-refractivity contribution is 5.68. The fourth-order valence-electron chi connectivity index (χ4n) is 3.12. The van der Waals surface area contributed by atoms with Gasteiger partial charge >= 0.3 is 6.09 Å². The Hall–Kier alpha value is -2.31. The standard InChI is InChI=1S/C18H27N3O4/c1-12-7-5-10-15(21(23)24)16(12)19-13-8-6-9-14(11-13)20-17(22)25-18(2,3)4/h5,7,10,13-14,19H,6,8-9,11H2,1-4H3,(H,20,22)/t13?,14-/m0/s1. The van der Waals surface area contributed by atoms with Crippen LogP contribution in [0.1, 0.15) is 52.0 Å². The van der Waals surface area contributed by atoms with Crippen LogP contribution in [0.5, 0.6) is 0 Å². The Bertz CT molecular complexity index is 640. The van der Waals surface area contributed by atoms with Gasteiger partial charge in [0.2, 0.25) is 0 Å². The van der Waals surface area contributed by atoms with Gasteiger partial charge in [-0.05, 0) is 58.9 Å². The second-order valence-corrected chi connectivity index (χ2v) is 7.58. The highest BCUT2D eigenvalue weighted by Gasteiger charge is 2.27. The molecule has 2 N–H and O–H groups in total. The van der Waals surface area contributed by atoms with E-state index in [2.05, 4.69) is 10.6 Å². The lowest BCUT2D eigenvalue weighted by molar-refractivity contribution is -0.384. The van der Waals surface area contributed by atoms with Crippen molar-refractivity contribution in [2.24, 2.45) is 0 Å². The summed E-state index contributed by atoms with van der Waals surface area (Å²) in [5.41, 5.74) is 0.965. The van der Waals surface area contributed by atoms with Crippen molar-refractivity contribution in [1.29, 1.82) is 0 Å². The zero-order valence-electron chi connectivity index (χ0n) is 15.3. The van der Waals surface area contributed by atoms with Crippen LogP contribution < -0.4 is 10.6 Å². The van der Waals surface area contributed by atoms with Crippen molar-refractivity contribution >= 4 is 17.5 Å². The van der Waals surface area contributed by atoms with Gasteiger partial charge in [0, 0.05) is 18.2 Å². The number of carbonyl (C=O) groups is 1. The van der Waals surface area contributed by atoms with E-state index in [1.54, 1.807) is 6.07 Å². The van der Waals surface area contributed by atoms with Crippen molar-refractivity contribution in [1.82, 2.24) is 5.32 Å². The Balaban J connectivity index is 2.01. The Morgan fingerprint density at radius 3 is 2.60 bits per heavy atom. The molecule has 0 heterocycles. The van der Waals surface area contributed by atoms with Crippen molar-refractivity contribution in [2.75, 3.05) is 5.32 Å². The lowest BCUT2D eigenvalue weighted by Crippen LogP contribution is -2.44. The molecular weight excluding hydrogens is 322 g/mol. The summed E-state index contributed by atoms with van der Waals surface area (Å²) in [6, 6.07) is 5.13. The number of ether oxygens (including phenoxy) is 1. The molecule has 1 aliphatic carbocycles. The van der Waals surface area contributed by atoms with Crippen LogP contribution in [0.25, 0.3) is 0 Å². The van der Waals surface area contributed by atoms with Crippen molar-refractivity contribution in [3.8, 4) is 0 Å². The van der Waals surface area contributed by atoms with Gasteiger partial charge in [0.05, 0.1) is 4.92 Å². The summed E-state index contributed by atoms with van der Waals surface area (Å²) in [5, 5.41) is 17.5. The number of nitrogens with one attached hydrogen (secondary N) is 2. The molecule has 138 valence electrons. The molecule has 0 radical (unpaired) electrons. The predicted molar refractivity (Wildman–Crippen MR) is 96.9 cm³/mol. The second kappa shape index (κ2) is 7.72. The lowest BCUT2D eigenvalue weighted by atomic mass is 9.90. The van der Waals surface area contributed by atoms with Crippen LogP contribution in [-0.2, 0) is 4.74 Å². The minimum atomic E-state index is -0.530. The molecule has 7 nitrogen and oxygen atoms in total. The summed E-state index contributed by atoms with van der Waals surface area (Å²) >= 11 is 0. The van der Waals surface area contributed by atoms with E-state index in [0.29, 0.717) is 12.1 Å². The third-order valence-corrected chi connectivity index (χ3v) is 4.19. The molecule has 1 aromatic carbocycles. The number of hydrogen-bond acceptors (Lipinski definition) is 5. The predicted octanol–water partition coefficient (Wildman–Crippen LogP) is 4.15. The van der Waals surface area contributed by atoms with E-state index in [1.165, 1.54) is 6.07 Å². The molecule has 7 heteroatoms. The Labute approximate surface area is 148 Å². The lowest BCUT2D eigenvalue weighted by Gasteiger charge is -2.31. The number of nitrogens with zero attached hydrogens (tertiary/aromatic N) is 1. The van der Waals surface area contributed by atoms with Gasteiger partial charge in [0.25, 0.3) is 5.69 Å². The molecule has 0 spiro atoms. The Morgan fingerprint density at radius 1 is 1.28 bits per heavy atom. The van der Waals surface area contributed by atoms with Crippen molar-refractivity contribution < 1.29 is 14.5 Å². The first-order valence-corrected chi connectivity index (χ1v) is 8.66. The van der Waals surface area contributed by atoms with E-state index in [-0.39, 0.29) is 22.7 Å². The fourth-order valence-corrected chi connectivity index (χ4v) is 3.12. The zero-order valence-corrected chi connectivity index (χ0v) is 15.3. The molecule has 1 unspecified atom stereocenters. The van der Waals surface area contributed by atoms with Crippen LogP contribution in [0.15, 0.2) is 18.2 Å². The smallest absolute Gasteiger partial charge is 0.407 e. The molecule has 0 bridgehead atoms. The summed E-state index contributed by atoms with van der Waals surface area (Å²) in [6.07, 6.45) is 3.04. The number of carbonyl (C=O) groups excluding carboxylic acids is 1. The number of amides is 1. The van der Waals surface area contributed by atoms with Crippen LogP contribution >= 0.6 is 0 Å². The maximum Gasteiger partial charge on any atom is 0.407 e. The molecule has 2 rings (SSSR count). The van der Waals surface area contributed by atoms with Gasteiger partial charge in [-0.2, -0.15) is 0 Å². The van der Waals surface area contributed by atoms with Crippen LogP contribution in [0, 0.1) is 17.0 Å². The van der Waals surface area contributed by atoms with E-state index in [0.717, 1.165) is 24.8 Å². The number of benzene rings is 1. The number of hydrogen-bond donors (Lipinski definition) is 2. The molecule has 1 aromatic rings. The van der Waals surface area contributed by atoms with Gasteiger partial charge < -0.3 is 15.4 Å². The first-order valence-electron chi connectivity index (χ1n) is 8.66. The van der Waals surface area contributed by atoms with E-state index in [4.69, 9.17) is 4.74 Å². The second-order valence-electron chi connectivity index (χ2n) is 7.58. The van der Waals surface area contributed by atoms with E-state index in [1.807, 2.05) is 33.8 Å². The summed E-state index contributed by atoms with van der Waals surface area (Å²) < 4.78 is 5.30. The molecule has 1 saturated carbocycles. The van der Waals surface area contributed by atoms with Crippen LogP contribution in [0.4, 0.5) is 16.2 Å². The number of anilines is 1. The SMILES string of the molecule is Cc1cccc([N+](=O)[O-])c1NC1CCC[C@H](NC(=O)OC(C)(C)C)C1. The molecule has 25 heavy (non-hydrogen) atoms. The minimum Gasteiger partial charge on any atom is -0.444 e. The summed E-state index contributed by atoms with van der Waals surface area (Å²) in [7, 11) is 0. The summed E-state index contributed by atoms with van der Waals surface area (Å²) in [5.74, 6) is 0. The van der Waals surface area contributed by atoms with Gasteiger partial charge in [-0.3, -0.25) is 10.1 Å². The quantitative estimate of drug-likeness (QED) is 0.629. The van der Waals surface area contributed by atoms with E-state index < -0.39 is 11.7 Å². The number of nitro benzene ring substituents is 1. The molecule has 1 amide bonds. The third-order valence-electron chi connectivity index (χ3n) is 4.19. The number of nitro groups is 1. The number of aryl methyl sites for hydroxylation is 1. The van der Waals surface area contributed by atoms with Crippen molar-refractivity contribution in [3.05, 3.63) is 33.9 Å². The van der Waals surface area contributed by atoms with Crippen LogP contribution in [0.3, 0.4) is 0 Å². The first-order chi connectivity index (χ1) is 11.7. The summed E-state index contributed by atoms with van der Waals surface area (Å²) in [6.45, 7) is 7.34. The van der Waals surface area contributed by atoms with Gasteiger partial charge in [-0.15, -0.1) is 0 Å². The van der Waals surface area contributed by atoms with Crippen molar-refractivity contribution in [3.63, 3.8) is 0 Å². The Kier molecular flexibility index (Phi) is 5.87. The fraction of sp³-hybridized carbons (Fsp3) is 0.611. The number of alkyl carbamates (subject to hydrolysis) is 1. The van der Waals surface area contributed by atoms with E-state index in [9.17, 15) is 14.9 Å². The molecule has 0 aromatic heterocycles. The average molecular weight is 349 g/mol. The highest BCUT2D eigenvalue weighted by atomic mass is 16.6. The molecule has 0 saturated heterocycles. The van der Waals surface area contributed by atoms with Gasteiger partial charge in [0.15, 0.2) is 0 Å². The molecule has 1 aliphatic rings. The zero-order chi connectivity index (χ0) is 18.6. The number of para-hydroxylation sites is 1. The Morgan fingerprint density at radius 2 is 1.96 bits per heavy atom. The molecule has 2 atom stereocenters. The first kappa shape index (κ1) is 19.0.